The van der Waals surface area contributed by atoms with E-state index in [1.807, 2.05) is 4.90 Å². The van der Waals surface area contributed by atoms with Gasteiger partial charge in [0.05, 0.1) is 24.1 Å². The van der Waals surface area contributed by atoms with Crippen LogP contribution in [-0.2, 0) is 14.8 Å². The molecule has 1 aliphatic carbocycles. The lowest BCUT2D eigenvalue weighted by Gasteiger charge is -2.32. The maximum Gasteiger partial charge on any atom is 0.253 e. The van der Waals surface area contributed by atoms with Gasteiger partial charge in [0.1, 0.15) is 0 Å². The highest BCUT2D eigenvalue weighted by atomic mass is 32.2. The SMILES string of the molecule is CS(=O)(=O)N1CCN(CC(=O)Nc2ccccc2C(=O)NC2CC2)CC1. The van der Waals surface area contributed by atoms with Crippen molar-refractivity contribution in [3.8, 4) is 0 Å². The molecule has 1 heterocycles. The summed E-state index contributed by atoms with van der Waals surface area (Å²) in [5.41, 5.74) is 0.945. The predicted molar refractivity (Wildman–Crippen MR) is 98.4 cm³/mol. The number of para-hydroxylation sites is 1. The van der Waals surface area contributed by atoms with Crippen LogP contribution < -0.4 is 10.6 Å². The number of nitrogens with zero attached hydrogens (tertiary/aromatic N) is 2. The molecule has 142 valence electrons. The van der Waals surface area contributed by atoms with Gasteiger partial charge < -0.3 is 10.6 Å². The number of piperazine rings is 1. The molecule has 2 N–H and O–H groups in total. The molecule has 1 saturated heterocycles. The molecule has 1 aromatic rings. The summed E-state index contributed by atoms with van der Waals surface area (Å²) in [6.45, 7) is 1.93. The van der Waals surface area contributed by atoms with Gasteiger partial charge in [-0.1, -0.05) is 12.1 Å². The molecule has 0 atom stereocenters. The number of benzene rings is 1. The van der Waals surface area contributed by atoms with Gasteiger partial charge in [-0.3, -0.25) is 14.5 Å². The summed E-state index contributed by atoms with van der Waals surface area (Å²) < 4.78 is 24.5. The molecule has 3 rings (SSSR count). The Labute approximate surface area is 153 Å². The zero-order valence-corrected chi connectivity index (χ0v) is 15.6. The van der Waals surface area contributed by atoms with Gasteiger partial charge >= 0.3 is 0 Å². The molecule has 9 heteroatoms. The van der Waals surface area contributed by atoms with Gasteiger partial charge in [0.15, 0.2) is 0 Å². The van der Waals surface area contributed by atoms with Crippen LogP contribution in [0, 0.1) is 0 Å². The van der Waals surface area contributed by atoms with Crippen molar-refractivity contribution in [2.45, 2.75) is 18.9 Å². The van der Waals surface area contributed by atoms with E-state index in [-0.39, 0.29) is 24.4 Å². The second-order valence-corrected chi connectivity index (χ2v) is 8.76. The molecule has 26 heavy (non-hydrogen) atoms. The highest BCUT2D eigenvalue weighted by Gasteiger charge is 2.26. The number of amides is 2. The van der Waals surface area contributed by atoms with E-state index in [1.54, 1.807) is 24.3 Å². The fourth-order valence-corrected chi connectivity index (χ4v) is 3.72. The molecule has 2 aliphatic rings. The Hall–Kier alpha value is -1.97. The quantitative estimate of drug-likeness (QED) is 0.729. The minimum Gasteiger partial charge on any atom is -0.349 e. The van der Waals surface area contributed by atoms with Crippen molar-refractivity contribution in [3.63, 3.8) is 0 Å². The molecular weight excluding hydrogens is 356 g/mol. The standard InChI is InChI=1S/C17H24N4O4S/c1-26(24,25)21-10-8-20(9-11-21)12-16(22)19-15-5-3-2-4-14(15)17(23)18-13-6-7-13/h2-5,13H,6-12H2,1H3,(H,18,23)(H,19,22). The number of hydrogen-bond acceptors (Lipinski definition) is 5. The topological polar surface area (TPSA) is 98.8 Å². The molecule has 1 saturated carbocycles. The van der Waals surface area contributed by atoms with Gasteiger partial charge in [-0.2, -0.15) is 4.31 Å². The molecule has 1 aliphatic heterocycles. The Balaban J connectivity index is 1.55. The van der Waals surface area contributed by atoms with E-state index in [9.17, 15) is 18.0 Å². The Morgan fingerprint density at radius 2 is 1.77 bits per heavy atom. The molecule has 2 fully saturated rings. The molecule has 1 aromatic carbocycles. The molecule has 2 amide bonds. The van der Waals surface area contributed by atoms with E-state index >= 15 is 0 Å². The summed E-state index contributed by atoms with van der Waals surface area (Å²) in [4.78, 5) is 26.5. The van der Waals surface area contributed by atoms with Gasteiger partial charge in [-0.05, 0) is 25.0 Å². The highest BCUT2D eigenvalue weighted by Crippen LogP contribution is 2.21. The summed E-state index contributed by atoms with van der Waals surface area (Å²) >= 11 is 0. The number of anilines is 1. The van der Waals surface area contributed by atoms with Crippen LogP contribution in [0.4, 0.5) is 5.69 Å². The molecule has 0 aromatic heterocycles. The Kier molecular flexibility index (Phi) is 5.59. The van der Waals surface area contributed by atoms with E-state index in [0.29, 0.717) is 37.4 Å². The lowest BCUT2D eigenvalue weighted by atomic mass is 10.1. The van der Waals surface area contributed by atoms with Crippen molar-refractivity contribution < 1.29 is 18.0 Å². The molecule has 0 bridgehead atoms. The van der Waals surface area contributed by atoms with Crippen LogP contribution in [0.1, 0.15) is 23.2 Å². The number of carbonyl (C=O) groups is 2. The maximum atomic E-state index is 12.4. The van der Waals surface area contributed by atoms with Crippen LogP contribution in [-0.4, -0.2) is 74.5 Å². The third-order valence-corrected chi connectivity index (χ3v) is 5.83. The zero-order chi connectivity index (χ0) is 18.7. The van der Waals surface area contributed by atoms with E-state index in [0.717, 1.165) is 12.8 Å². The Morgan fingerprint density at radius 1 is 1.12 bits per heavy atom. The van der Waals surface area contributed by atoms with Crippen LogP contribution in [0.3, 0.4) is 0 Å². The maximum absolute atomic E-state index is 12.4. The third-order valence-electron chi connectivity index (χ3n) is 4.53. The fourth-order valence-electron chi connectivity index (χ4n) is 2.89. The average Bonchev–Trinajstić information content (AvgIpc) is 3.39. The summed E-state index contributed by atoms with van der Waals surface area (Å²) in [6.07, 6.45) is 3.19. The van der Waals surface area contributed by atoms with E-state index in [2.05, 4.69) is 10.6 Å². The normalized spacial score (nSPS) is 19.1. The second kappa shape index (κ2) is 7.73. The summed E-state index contributed by atoms with van der Waals surface area (Å²) in [7, 11) is -3.18. The first-order valence-corrected chi connectivity index (χ1v) is 10.5. The number of nitrogens with one attached hydrogen (secondary N) is 2. The highest BCUT2D eigenvalue weighted by molar-refractivity contribution is 7.88. The van der Waals surface area contributed by atoms with Gasteiger partial charge in [0.25, 0.3) is 5.91 Å². The van der Waals surface area contributed by atoms with E-state index in [1.165, 1.54) is 10.6 Å². The molecular formula is C17H24N4O4S. The van der Waals surface area contributed by atoms with Gasteiger partial charge in [0, 0.05) is 32.2 Å². The molecule has 8 nitrogen and oxygen atoms in total. The van der Waals surface area contributed by atoms with Crippen LogP contribution >= 0.6 is 0 Å². The first kappa shape index (κ1) is 18.8. The van der Waals surface area contributed by atoms with Crippen LogP contribution in [0.5, 0.6) is 0 Å². The number of carbonyl (C=O) groups excluding carboxylic acids is 2. The molecule has 0 unspecified atom stereocenters. The van der Waals surface area contributed by atoms with Crippen molar-refractivity contribution in [3.05, 3.63) is 29.8 Å². The van der Waals surface area contributed by atoms with Crippen molar-refractivity contribution in [2.75, 3.05) is 44.3 Å². The minimum atomic E-state index is -3.18. The number of hydrogen-bond donors (Lipinski definition) is 2. The Bertz CT molecular complexity index is 784. The predicted octanol–water partition coefficient (Wildman–Crippen LogP) is 0.0945. The van der Waals surface area contributed by atoms with E-state index in [4.69, 9.17) is 0 Å². The third kappa shape index (κ3) is 5.03. The largest absolute Gasteiger partial charge is 0.349 e. The first-order chi connectivity index (χ1) is 12.3. The van der Waals surface area contributed by atoms with Crippen LogP contribution in [0.2, 0.25) is 0 Å². The Morgan fingerprint density at radius 3 is 2.38 bits per heavy atom. The van der Waals surface area contributed by atoms with E-state index < -0.39 is 10.0 Å². The first-order valence-electron chi connectivity index (χ1n) is 8.70. The van der Waals surface area contributed by atoms with Crippen molar-refractivity contribution in [1.82, 2.24) is 14.5 Å². The fraction of sp³-hybridized carbons (Fsp3) is 0.529. The summed E-state index contributed by atoms with van der Waals surface area (Å²) in [6, 6.07) is 7.19. The monoisotopic (exact) mass is 380 g/mol. The summed E-state index contributed by atoms with van der Waals surface area (Å²) in [5, 5.41) is 5.72. The lowest BCUT2D eigenvalue weighted by molar-refractivity contribution is -0.117. The molecule has 0 spiro atoms. The van der Waals surface area contributed by atoms with Gasteiger partial charge in [-0.15, -0.1) is 0 Å². The van der Waals surface area contributed by atoms with Crippen LogP contribution in [0.15, 0.2) is 24.3 Å². The van der Waals surface area contributed by atoms with Crippen molar-refractivity contribution in [2.24, 2.45) is 0 Å². The molecule has 0 radical (unpaired) electrons. The van der Waals surface area contributed by atoms with Crippen molar-refractivity contribution in [1.29, 1.82) is 0 Å². The van der Waals surface area contributed by atoms with Crippen LogP contribution in [0.25, 0.3) is 0 Å². The average molecular weight is 380 g/mol. The number of rotatable bonds is 6. The second-order valence-electron chi connectivity index (χ2n) is 6.78. The van der Waals surface area contributed by atoms with Gasteiger partial charge in [0.2, 0.25) is 15.9 Å². The van der Waals surface area contributed by atoms with Crippen molar-refractivity contribution >= 4 is 27.5 Å². The summed E-state index contributed by atoms with van der Waals surface area (Å²) in [5.74, 6) is -0.394. The smallest absolute Gasteiger partial charge is 0.253 e. The minimum absolute atomic E-state index is 0.163. The zero-order valence-electron chi connectivity index (χ0n) is 14.8. The number of sulfonamides is 1. The lowest BCUT2D eigenvalue weighted by Crippen LogP contribution is -2.50. The van der Waals surface area contributed by atoms with Gasteiger partial charge in [-0.25, -0.2) is 8.42 Å².